The van der Waals surface area contributed by atoms with Crippen LogP contribution in [0.2, 0.25) is 0 Å². The van der Waals surface area contributed by atoms with E-state index in [1.54, 1.807) is 31.2 Å². The third-order valence-electron chi connectivity index (χ3n) is 5.27. The van der Waals surface area contributed by atoms with Crippen molar-refractivity contribution in [3.05, 3.63) is 116 Å². The van der Waals surface area contributed by atoms with Gasteiger partial charge in [-0.2, -0.15) is 9.78 Å². The van der Waals surface area contributed by atoms with E-state index in [1.807, 2.05) is 19.1 Å². The molecule has 9 heteroatoms. The van der Waals surface area contributed by atoms with Gasteiger partial charge in [-0.05, 0) is 48.7 Å². The zero-order chi connectivity index (χ0) is 23.5. The SMILES string of the molecule is Cc1ccc(-n2nc(C(=O)NCc3ccco3)c(=O)n(Cc3ccccc3C)c2=O)cc1F. The van der Waals surface area contributed by atoms with Crippen LogP contribution in [0, 0.1) is 19.7 Å². The van der Waals surface area contributed by atoms with Crippen molar-refractivity contribution in [2.24, 2.45) is 0 Å². The van der Waals surface area contributed by atoms with Crippen LogP contribution in [0.25, 0.3) is 5.69 Å². The van der Waals surface area contributed by atoms with E-state index < -0.39 is 28.7 Å². The van der Waals surface area contributed by atoms with Crippen molar-refractivity contribution in [2.45, 2.75) is 26.9 Å². The zero-order valence-electron chi connectivity index (χ0n) is 18.0. The maximum atomic E-state index is 14.2. The van der Waals surface area contributed by atoms with Crippen LogP contribution in [0.15, 0.2) is 74.9 Å². The first-order chi connectivity index (χ1) is 15.8. The van der Waals surface area contributed by atoms with Crippen molar-refractivity contribution in [3.8, 4) is 5.69 Å². The van der Waals surface area contributed by atoms with E-state index in [9.17, 15) is 18.8 Å². The summed E-state index contributed by atoms with van der Waals surface area (Å²) in [6.07, 6.45) is 1.46. The fourth-order valence-corrected chi connectivity index (χ4v) is 3.30. The van der Waals surface area contributed by atoms with Gasteiger partial charge in [0.2, 0.25) is 5.69 Å². The highest BCUT2D eigenvalue weighted by Gasteiger charge is 2.21. The Labute approximate surface area is 187 Å². The Kier molecular flexibility index (Phi) is 6.03. The second-order valence-electron chi connectivity index (χ2n) is 7.56. The van der Waals surface area contributed by atoms with E-state index in [4.69, 9.17) is 4.42 Å². The van der Waals surface area contributed by atoms with Crippen molar-refractivity contribution in [1.29, 1.82) is 0 Å². The van der Waals surface area contributed by atoms with E-state index in [1.165, 1.54) is 18.4 Å². The lowest BCUT2D eigenvalue weighted by Gasteiger charge is -2.13. The number of hydrogen-bond acceptors (Lipinski definition) is 5. The molecule has 33 heavy (non-hydrogen) atoms. The Morgan fingerprint density at radius 2 is 1.85 bits per heavy atom. The minimum atomic E-state index is -0.843. The Hall–Kier alpha value is -4.27. The maximum Gasteiger partial charge on any atom is 0.352 e. The summed E-state index contributed by atoms with van der Waals surface area (Å²) in [7, 11) is 0. The Bertz CT molecular complexity index is 1440. The first-order valence-corrected chi connectivity index (χ1v) is 10.2. The molecule has 0 saturated heterocycles. The van der Waals surface area contributed by atoms with E-state index in [0.717, 1.165) is 26.4 Å². The fourth-order valence-electron chi connectivity index (χ4n) is 3.30. The molecule has 0 radical (unpaired) electrons. The number of hydrogen-bond donors (Lipinski definition) is 1. The number of aromatic nitrogens is 3. The number of halogens is 1. The number of furan rings is 1. The lowest BCUT2D eigenvalue weighted by atomic mass is 10.1. The van der Waals surface area contributed by atoms with E-state index in [2.05, 4.69) is 10.4 Å². The smallest absolute Gasteiger partial charge is 0.352 e. The molecule has 1 amide bonds. The predicted octanol–water partition coefficient (Wildman–Crippen LogP) is 2.72. The molecule has 0 fully saturated rings. The van der Waals surface area contributed by atoms with Gasteiger partial charge in [0.1, 0.15) is 11.6 Å². The average Bonchev–Trinajstić information content (AvgIpc) is 3.32. The molecule has 0 bridgehead atoms. The van der Waals surface area contributed by atoms with Gasteiger partial charge >= 0.3 is 5.69 Å². The lowest BCUT2D eigenvalue weighted by molar-refractivity contribution is 0.0938. The second-order valence-corrected chi connectivity index (χ2v) is 7.56. The molecule has 0 aliphatic heterocycles. The number of benzene rings is 2. The van der Waals surface area contributed by atoms with Crippen LogP contribution >= 0.6 is 0 Å². The number of nitrogens with one attached hydrogen (secondary N) is 1. The Morgan fingerprint density at radius 3 is 2.55 bits per heavy atom. The first-order valence-electron chi connectivity index (χ1n) is 10.2. The number of amides is 1. The van der Waals surface area contributed by atoms with Crippen LogP contribution in [0.4, 0.5) is 4.39 Å². The molecule has 8 nitrogen and oxygen atoms in total. The normalized spacial score (nSPS) is 10.9. The van der Waals surface area contributed by atoms with Crippen LogP contribution < -0.4 is 16.6 Å². The monoisotopic (exact) mass is 448 g/mol. The molecule has 0 aliphatic rings. The van der Waals surface area contributed by atoms with E-state index in [-0.39, 0.29) is 18.8 Å². The average molecular weight is 448 g/mol. The van der Waals surface area contributed by atoms with E-state index >= 15 is 0 Å². The van der Waals surface area contributed by atoms with Gasteiger partial charge in [-0.15, -0.1) is 0 Å². The van der Waals surface area contributed by atoms with Crippen molar-refractivity contribution in [3.63, 3.8) is 0 Å². The van der Waals surface area contributed by atoms with Crippen LogP contribution in [-0.4, -0.2) is 20.3 Å². The summed E-state index contributed by atoms with van der Waals surface area (Å²) in [4.78, 5) is 39.2. The molecule has 1 N–H and O–H groups in total. The van der Waals surface area contributed by atoms with Gasteiger partial charge in [0.15, 0.2) is 0 Å². The van der Waals surface area contributed by atoms with Crippen LogP contribution in [0.5, 0.6) is 0 Å². The second kappa shape index (κ2) is 9.07. The maximum absolute atomic E-state index is 14.2. The van der Waals surface area contributed by atoms with E-state index in [0.29, 0.717) is 11.3 Å². The molecule has 0 spiro atoms. The van der Waals surface area contributed by atoms with Crippen LogP contribution in [0.3, 0.4) is 0 Å². The fraction of sp³-hybridized carbons (Fsp3) is 0.167. The molecule has 0 aliphatic carbocycles. The summed E-state index contributed by atoms with van der Waals surface area (Å²) in [6.45, 7) is 3.40. The van der Waals surface area contributed by atoms with Gasteiger partial charge in [0.25, 0.3) is 11.5 Å². The van der Waals surface area contributed by atoms with Gasteiger partial charge < -0.3 is 9.73 Å². The third kappa shape index (κ3) is 4.52. The molecular formula is C24H21FN4O4. The molecule has 2 aromatic carbocycles. The predicted molar refractivity (Wildman–Crippen MR) is 119 cm³/mol. The molecule has 168 valence electrons. The third-order valence-corrected chi connectivity index (χ3v) is 5.27. The van der Waals surface area contributed by atoms with Crippen molar-refractivity contribution in [1.82, 2.24) is 19.7 Å². The highest BCUT2D eigenvalue weighted by Crippen LogP contribution is 2.12. The minimum Gasteiger partial charge on any atom is -0.467 e. The highest BCUT2D eigenvalue weighted by atomic mass is 19.1. The van der Waals surface area contributed by atoms with Crippen LogP contribution in [0.1, 0.15) is 32.9 Å². The van der Waals surface area contributed by atoms with Gasteiger partial charge in [-0.25, -0.2) is 9.18 Å². The topological polar surface area (TPSA) is 99.1 Å². The zero-order valence-corrected chi connectivity index (χ0v) is 18.0. The number of rotatable bonds is 6. The van der Waals surface area contributed by atoms with Gasteiger partial charge in [-0.3, -0.25) is 14.2 Å². The first kappa shape index (κ1) is 21.9. The van der Waals surface area contributed by atoms with Gasteiger partial charge in [0, 0.05) is 6.07 Å². The molecule has 2 aromatic heterocycles. The molecule has 4 aromatic rings. The Morgan fingerprint density at radius 1 is 1.06 bits per heavy atom. The van der Waals surface area contributed by atoms with Crippen molar-refractivity contribution >= 4 is 5.91 Å². The summed E-state index contributed by atoms with van der Waals surface area (Å²) < 4.78 is 21.2. The summed E-state index contributed by atoms with van der Waals surface area (Å²) in [5.41, 5.74) is -0.0316. The molecule has 2 heterocycles. The molecular weight excluding hydrogens is 427 g/mol. The standard InChI is InChI=1S/C24H21FN4O4/c1-15-6-3-4-7-17(15)14-28-23(31)21(22(30)26-13-19-8-5-11-33-19)27-29(24(28)32)18-10-9-16(2)20(25)12-18/h3-12H,13-14H2,1-2H3,(H,26,30). The van der Waals surface area contributed by atoms with Gasteiger partial charge in [0.05, 0.1) is 25.0 Å². The van der Waals surface area contributed by atoms with Crippen LogP contribution in [-0.2, 0) is 13.1 Å². The molecule has 0 saturated carbocycles. The summed E-state index contributed by atoms with van der Waals surface area (Å²) in [5, 5.41) is 6.56. The largest absolute Gasteiger partial charge is 0.467 e. The number of nitrogens with zero attached hydrogens (tertiary/aromatic N) is 3. The van der Waals surface area contributed by atoms with Gasteiger partial charge in [-0.1, -0.05) is 30.3 Å². The Balaban J connectivity index is 1.83. The van der Waals surface area contributed by atoms with Crippen molar-refractivity contribution in [2.75, 3.05) is 0 Å². The highest BCUT2D eigenvalue weighted by molar-refractivity contribution is 5.91. The summed E-state index contributed by atoms with van der Waals surface area (Å²) in [6, 6.07) is 14.7. The quantitative estimate of drug-likeness (QED) is 0.489. The minimum absolute atomic E-state index is 0.0308. The molecule has 0 unspecified atom stereocenters. The summed E-state index contributed by atoms with van der Waals surface area (Å²) >= 11 is 0. The summed E-state index contributed by atoms with van der Waals surface area (Å²) in [5.74, 6) is -0.838. The number of carbonyl (C=O) groups is 1. The molecule has 4 rings (SSSR count). The number of aryl methyl sites for hydroxylation is 2. The van der Waals surface area contributed by atoms with Crippen molar-refractivity contribution < 1.29 is 13.6 Å². The number of carbonyl (C=O) groups excluding carboxylic acids is 1. The lowest BCUT2D eigenvalue weighted by Crippen LogP contribution is -2.46. The molecule has 0 atom stereocenters.